The molecule has 1 fully saturated rings. The van der Waals surface area contributed by atoms with Crippen molar-refractivity contribution in [3.63, 3.8) is 0 Å². The molecule has 0 atom stereocenters. The maximum absolute atomic E-state index is 5.15. The molecular formula is C13H22N2OS. The Labute approximate surface area is 108 Å². The summed E-state index contributed by atoms with van der Waals surface area (Å²) in [6, 6.07) is 0.729. The van der Waals surface area contributed by atoms with E-state index in [-0.39, 0.29) is 0 Å². The highest BCUT2D eigenvalue weighted by atomic mass is 32.1. The molecule has 1 aliphatic rings. The van der Waals surface area contributed by atoms with Crippen molar-refractivity contribution in [2.45, 2.75) is 58.2 Å². The average Bonchev–Trinajstić information content (AvgIpc) is 2.95. The van der Waals surface area contributed by atoms with E-state index in [9.17, 15) is 0 Å². The molecule has 0 amide bonds. The summed E-state index contributed by atoms with van der Waals surface area (Å²) in [5.41, 5.74) is 1.24. The Balaban J connectivity index is 1.93. The van der Waals surface area contributed by atoms with Crippen LogP contribution in [-0.2, 0) is 24.3 Å². The quantitative estimate of drug-likeness (QED) is 0.847. The highest BCUT2D eigenvalue weighted by Gasteiger charge is 2.16. The molecular weight excluding hydrogens is 232 g/mol. The Kier molecular flexibility index (Phi) is 4.95. The second-order valence-corrected chi connectivity index (χ2v) is 5.79. The second kappa shape index (κ2) is 6.47. The fourth-order valence-corrected chi connectivity index (χ4v) is 3.48. The molecule has 1 heterocycles. The summed E-state index contributed by atoms with van der Waals surface area (Å²) in [6.07, 6.45) is 6.46. The average molecular weight is 254 g/mol. The summed E-state index contributed by atoms with van der Waals surface area (Å²) < 4.78 is 5.15. The van der Waals surface area contributed by atoms with Gasteiger partial charge in [0.05, 0.1) is 12.3 Å². The minimum absolute atomic E-state index is 0.640. The van der Waals surface area contributed by atoms with Crippen molar-refractivity contribution in [3.05, 3.63) is 15.6 Å². The molecule has 0 unspecified atom stereocenters. The van der Waals surface area contributed by atoms with Crippen LogP contribution in [-0.4, -0.2) is 18.1 Å². The molecule has 2 rings (SSSR count). The van der Waals surface area contributed by atoms with E-state index >= 15 is 0 Å². The molecule has 0 aliphatic heterocycles. The number of nitrogens with zero attached hydrogens (tertiary/aromatic N) is 1. The third-order valence-electron chi connectivity index (χ3n) is 3.33. The monoisotopic (exact) mass is 254 g/mol. The lowest BCUT2D eigenvalue weighted by molar-refractivity contribution is 0.184. The van der Waals surface area contributed by atoms with E-state index in [2.05, 4.69) is 17.2 Å². The summed E-state index contributed by atoms with van der Waals surface area (Å²) in [7, 11) is 1.73. The summed E-state index contributed by atoms with van der Waals surface area (Å²) in [6.45, 7) is 3.79. The van der Waals surface area contributed by atoms with Crippen LogP contribution in [0.1, 0.15) is 48.2 Å². The second-order valence-electron chi connectivity index (χ2n) is 4.63. The number of aromatic nitrogens is 1. The molecule has 1 N–H and O–H groups in total. The van der Waals surface area contributed by atoms with Crippen molar-refractivity contribution in [1.29, 1.82) is 0 Å². The van der Waals surface area contributed by atoms with Gasteiger partial charge in [-0.1, -0.05) is 19.8 Å². The zero-order valence-electron chi connectivity index (χ0n) is 10.8. The molecule has 96 valence electrons. The van der Waals surface area contributed by atoms with Gasteiger partial charge in [0, 0.05) is 24.6 Å². The van der Waals surface area contributed by atoms with Crippen LogP contribution in [0, 0.1) is 0 Å². The van der Waals surface area contributed by atoms with Gasteiger partial charge in [-0.2, -0.15) is 0 Å². The first-order valence-electron chi connectivity index (χ1n) is 6.53. The predicted molar refractivity (Wildman–Crippen MR) is 71.3 cm³/mol. The number of thiazole rings is 1. The van der Waals surface area contributed by atoms with E-state index in [0.717, 1.165) is 24.0 Å². The number of nitrogens with one attached hydrogen (secondary N) is 1. The van der Waals surface area contributed by atoms with Crippen molar-refractivity contribution < 1.29 is 4.74 Å². The van der Waals surface area contributed by atoms with Gasteiger partial charge in [-0.25, -0.2) is 4.98 Å². The zero-order chi connectivity index (χ0) is 12.1. The SMILES string of the molecule is CCc1nc(COC)sc1CNC1CCCC1. The first kappa shape index (κ1) is 13.0. The molecule has 0 spiro atoms. The van der Waals surface area contributed by atoms with Gasteiger partial charge in [0.2, 0.25) is 0 Å². The van der Waals surface area contributed by atoms with Crippen LogP contribution in [0.4, 0.5) is 0 Å². The summed E-state index contributed by atoms with van der Waals surface area (Å²) in [4.78, 5) is 6.01. The Morgan fingerprint density at radius 3 is 2.82 bits per heavy atom. The van der Waals surface area contributed by atoms with Crippen LogP contribution in [0.5, 0.6) is 0 Å². The van der Waals surface area contributed by atoms with Gasteiger partial charge < -0.3 is 10.1 Å². The molecule has 0 bridgehead atoms. The fourth-order valence-electron chi connectivity index (χ4n) is 2.40. The highest BCUT2D eigenvalue weighted by molar-refractivity contribution is 7.11. The van der Waals surface area contributed by atoms with Crippen molar-refractivity contribution in [2.24, 2.45) is 0 Å². The normalized spacial score (nSPS) is 16.8. The van der Waals surface area contributed by atoms with Crippen LogP contribution in [0.3, 0.4) is 0 Å². The molecule has 1 saturated carbocycles. The largest absolute Gasteiger partial charge is 0.378 e. The maximum atomic E-state index is 5.15. The van der Waals surface area contributed by atoms with Crippen LogP contribution in [0.25, 0.3) is 0 Å². The minimum atomic E-state index is 0.640. The number of rotatable bonds is 6. The lowest BCUT2D eigenvalue weighted by Gasteiger charge is -2.10. The predicted octanol–water partition coefficient (Wildman–Crippen LogP) is 2.88. The highest BCUT2D eigenvalue weighted by Crippen LogP contribution is 2.22. The summed E-state index contributed by atoms with van der Waals surface area (Å²) >= 11 is 1.79. The van der Waals surface area contributed by atoms with E-state index in [1.54, 1.807) is 18.4 Å². The first-order chi connectivity index (χ1) is 8.33. The van der Waals surface area contributed by atoms with Crippen LogP contribution in [0.2, 0.25) is 0 Å². The zero-order valence-corrected chi connectivity index (χ0v) is 11.6. The number of methoxy groups -OCH3 is 1. The molecule has 17 heavy (non-hydrogen) atoms. The number of ether oxygens (including phenoxy) is 1. The molecule has 1 aromatic heterocycles. The Morgan fingerprint density at radius 1 is 1.41 bits per heavy atom. The third-order valence-corrected chi connectivity index (χ3v) is 4.40. The third kappa shape index (κ3) is 3.50. The number of hydrogen-bond donors (Lipinski definition) is 1. The molecule has 1 aliphatic carbocycles. The van der Waals surface area contributed by atoms with Crippen molar-refractivity contribution in [1.82, 2.24) is 10.3 Å². The topological polar surface area (TPSA) is 34.1 Å². The Morgan fingerprint density at radius 2 is 2.18 bits per heavy atom. The standard InChI is InChI=1S/C13H22N2OS/c1-3-11-12(17-13(15-11)9-16-2)8-14-10-6-4-5-7-10/h10,14H,3-9H2,1-2H3. The van der Waals surface area contributed by atoms with Gasteiger partial charge in [0.1, 0.15) is 5.01 Å². The number of aryl methyl sites for hydroxylation is 1. The van der Waals surface area contributed by atoms with Gasteiger partial charge >= 0.3 is 0 Å². The van der Waals surface area contributed by atoms with E-state index in [4.69, 9.17) is 4.74 Å². The van der Waals surface area contributed by atoms with Gasteiger partial charge in [-0.15, -0.1) is 11.3 Å². The van der Waals surface area contributed by atoms with Crippen LogP contribution < -0.4 is 5.32 Å². The summed E-state index contributed by atoms with van der Waals surface area (Å²) in [5.74, 6) is 0. The maximum Gasteiger partial charge on any atom is 0.119 e. The van der Waals surface area contributed by atoms with Gasteiger partial charge in [0.15, 0.2) is 0 Å². The molecule has 1 aromatic rings. The van der Waals surface area contributed by atoms with Crippen molar-refractivity contribution >= 4 is 11.3 Å². The molecule has 4 heteroatoms. The minimum Gasteiger partial charge on any atom is -0.378 e. The summed E-state index contributed by atoms with van der Waals surface area (Å²) in [5, 5.41) is 4.76. The van der Waals surface area contributed by atoms with Gasteiger partial charge in [0.25, 0.3) is 0 Å². The van der Waals surface area contributed by atoms with Crippen LogP contribution >= 0.6 is 11.3 Å². The molecule has 0 saturated heterocycles. The van der Waals surface area contributed by atoms with Crippen molar-refractivity contribution in [3.8, 4) is 0 Å². The molecule has 0 radical (unpaired) electrons. The Hall–Kier alpha value is -0.450. The Bertz CT molecular complexity index is 345. The smallest absolute Gasteiger partial charge is 0.119 e. The molecule has 3 nitrogen and oxygen atoms in total. The molecule has 0 aromatic carbocycles. The van der Waals surface area contributed by atoms with E-state index in [1.807, 2.05) is 0 Å². The van der Waals surface area contributed by atoms with Crippen molar-refractivity contribution in [2.75, 3.05) is 7.11 Å². The fraction of sp³-hybridized carbons (Fsp3) is 0.769. The first-order valence-corrected chi connectivity index (χ1v) is 7.35. The van der Waals surface area contributed by atoms with Crippen LogP contribution in [0.15, 0.2) is 0 Å². The van der Waals surface area contributed by atoms with Gasteiger partial charge in [-0.05, 0) is 19.3 Å². The number of hydrogen-bond acceptors (Lipinski definition) is 4. The van der Waals surface area contributed by atoms with E-state index < -0.39 is 0 Å². The lowest BCUT2D eigenvalue weighted by atomic mass is 10.2. The van der Waals surface area contributed by atoms with E-state index in [1.165, 1.54) is 36.3 Å². The van der Waals surface area contributed by atoms with E-state index in [0.29, 0.717) is 6.61 Å². The van der Waals surface area contributed by atoms with Gasteiger partial charge in [-0.3, -0.25) is 0 Å². The lowest BCUT2D eigenvalue weighted by Crippen LogP contribution is -2.25.